The van der Waals surface area contributed by atoms with Gasteiger partial charge in [-0.2, -0.15) is 0 Å². The van der Waals surface area contributed by atoms with Gasteiger partial charge >= 0.3 is 5.97 Å². The molecule has 2 heterocycles. The molecule has 1 aliphatic rings. The molecular formula is C23H29N3O3. The maximum absolute atomic E-state index is 12.0. The number of hydrogen-bond donors (Lipinski definition) is 3. The first-order valence-corrected chi connectivity index (χ1v) is 10.4. The molecule has 0 radical (unpaired) electrons. The zero-order chi connectivity index (χ0) is 20.5. The molecule has 1 amide bonds. The molecule has 0 saturated carbocycles. The number of aryl methyl sites for hydroxylation is 2. The van der Waals surface area contributed by atoms with Crippen molar-refractivity contribution in [3.05, 3.63) is 59.3 Å². The third kappa shape index (κ3) is 6.31. The highest BCUT2D eigenvalue weighted by atomic mass is 16.4. The number of carboxylic acids is 1. The molecule has 0 saturated heterocycles. The quantitative estimate of drug-likeness (QED) is 0.535. The van der Waals surface area contributed by atoms with Crippen molar-refractivity contribution >= 4 is 17.7 Å². The number of carbonyl (C=O) groups is 2. The van der Waals surface area contributed by atoms with Crippen LogP contribution in [-0.2, 0) is 22.4 Å². The molecule has 0 fully saturated rings. The van der Waals surface area contributed by atoms with Crippen molar-refractivity contribution < 1.29 is 14.7 Å². The highest BCUT2D eigenvalue weighted by Gasteiger charge is 2.19. The summed E-state index contributed by atoms with van der Waals surface area (Å²) in [6, 6.07) is 13.4. The number of rotatable bonds is 10. The van der Waals surface area contributed by atoms with Crippen LogP contribution in [-0.4, -0.2) is 35.1 Å². The maximum Gasteiger partial charge on any atom is 0.311 e. The average Bonchev–Trinajstić information content (AvgIpc) is 2.74. The standard InChI is InChI=1S/C23H29N3O3/c27-21(24-16-14-20(23(28)29)17-7-2-1-3-8-17)11-5-4-10-19-13-12-18-9-6-15-25-22(18)26-19/h1-3,7-8,12-13,20H,4-6,9-11,14-16H2,(H,24,27)(H,25,26)(H,28,29). The summed E-state index contributed by atoms with van der Waals surface area (Å²) in [5.41, 5.74) is 3.11. The molecule has 3 N–H and O–H groups in total. The average molecular weight is 396 g/mol. The topological polar surface area (TPSA) is 91.3 Å². The van der Waals surface area contributed by atoms with Gasteiger partial charge in [-0.25, -0.2) is 4.98 Å². The summed E-state index contributed by atoms with van der Waals surface area (Å²) >= 11 is 0. The minimum atomic E-state index is -0.863. The minimum Gasteiger partial charge on any atom is -0.481 e. The molecule has 6 nitrogen and oxygen atoms in total. The first kappa shape index (κ1) is 20.8. The summed E-state index contributed by atoms with van der Waals surface area (Å²) in [6.45, 7) is 1.35. The molecule has 29 heavy (non-hydrogen) atoms. The molecule has 1 atom stereocenters. The van der Waals surface area contributed by atoms with Crippen molar-refractivity contribution in [1.29, 1.82) is 0 Å². The van der Waals surface area contributed by atoms with E-state index in [0.717, 1.165) is 55.7 Å². The van der Waals surface area contributed by atoms with Gasteiger partial charge in [0.25, 0.3) is 0 Å². The van der Waals surface area contributed by atoms with Crippen LogP contribution < -0.4 is 10.6 Å². The smallest absolute Gasteiger partial charge is 0.311 e. The van der Waals surface area contributed by atoms with E-state index in [-0.39, 0.29) is 5.91 Å². The van der Waals surface area contributed by atoms with E-state index in [2.05, 4.69) is 27.8 Å². The van der Waals surface area contributed by atoms with E-state index < -0.39 is 11.9 Å². The van der Waals surface area contributed by atoms with Gasteiger partial charge in [-0.15, -0.1) is 0 Å². The number of unbranched alkanes of at least 4 members (excludes halogenated alkanes) is 1. The molecule has 1 aliphatic heterocycles. The van der Waals surface area contributed by atoms with Crippen molar-refractivity contribution in [2.24, 2.45) is 0 Å². The Morgan fingerprint density at radius 2 is 1.97 bits per heavy atom. The minimum absolute atomic E-state index is 0.0257. The van der Waals surface area contributed by atoms with Gasteiger partial charge < -0.3 is 15.7 Å². The van der Waals surface area contributed by atoms with E-state index >= 15 is 0 Å². The lowest BCUT2D eigenvalue weighted by atomic mass is 9.96. The van der Waals surface area contributed by atoms with Crippen LogP contribution in [0.3, 0.4) is 0 Å². The van der Waals surface area contributed by atoms with Crippen LogP contribution in [0.1, 0.15) is 54.8 Å². The Hall–Kier alpha value is -2.89. The molecule has 1 aromatic carbocycles. The molecule has 1 unspecified atom stereocenters. The van der Waals surface area contributed by atoms with Gasteiger partial charge in [0.2, 0.25) is 5.91 Å². The lowest BCUT2D eigenvalue weighted by Crippen LogP contribution is -2.27. The van der Waals surface area contributed by atoms with Crippen LogP contribution >= 0.6 is 0 Å². The van der Waals surface area contributed by atoms with Crippen molar-refractivity contribution in [3.63, 3.8) is 0 Å². The molecule has 3 rings (SSSR count). The predicted molar refractivity (Wildman–Crippen MR) is 113 cm³/mol. The summed E-state index contributed by atoms with van der Waals surface area (Å²) in [5.74, 6) is -0.474. The molecule has 2 aromatic rings. The zero-order valence-electron chi connectivity index (χ0n) is 16.7. The normalized spacial score (nSPS) is 13.8. The number of fused-ring (bicyclic) bond motifs is 1. The first-order chi connectivity index (χ1) is 14.1. The van der Waals surface area contributed by atoms with Crippen molar-refractivity contribution in [1.82, 2.24) is 10.3 Å². The van der Waals surface area contributed by atoms with Gasteiger partial charge in [0.15, 0.2) is 0 Å². The third-order valence-corrected chi connectivity index (χ3v) is 5.29. The van der Waals surface area contributed by atoms with Crippen LogP contribution in [0.15, 0.2) is 42.5 Å². The van der Waals surface area contributed by atoms with Crippen LogP contribution in [0.4, 0.5) is 5.82 Å². The summed E-state index contributed by atoms with van der Waals surface area (Å²) in [6.07, 6.45) is 5.63. The number of benzene rings is 1. The molecule has 0 spiro atoms. The predicted octanol–water partition coefficient (Wildman–Crippen LogP) is 3.53. The van der Waals surface area contributed by atoms with Crippen LogP contribution in [0.2, 0.25) is 0 Å². The Labute approximate surface area is 171 Å². The fourth-order valence-corrected chi connectivity index (χ4v) is 3.66. The fraction of sp³-hybridized carbons (Fsp3) is 0.435. The number of amides is 1. The number of carbonyl (C=O) groups excluding carboxylic acids is 1. The molecule has 154 valence electrons. The lowest BCUT2D eigenvalue weighted by Gasteiger charge is -2.17. The van der Waals surface area contributed by atoms with Gasteiger partial charge in [-0.1, -0.05) is 36.4 Å². The van der Waals surface area contributed by atoms with E-state index in [1.54, 1.807) is 0 Å². The first-order valence-electron chi connectivity index (χ1n) is 10.4. The van der Waals surface area contributed by atoms with Crippen molar-refractivity contribution in [2.75, 3.05) is 18.4 Å². The number of nitrogens with zero attached hydrogens (tertiary/aromatic N) is 1. The number of hydrogen-bond acceptors (Lipinski definition) is 4. The van der Waals surface area contributed by atoms with Crippen molar-refractivity contribution in [2.45, 2.75) is 50.9 Å². The highest BCUT2D eigenvalue weighted by molar-refractivity contribution is 5.77. The number of carboxylic acid groups (broad SMARTS) is 1. The number of anilines is 1. The second kappa shape index (κ2) is 10.6. The molecule has 0 bridgehead atoms. The van der Waals surface area contributed by atoms with E-state index in [1.807, 2.05) is 30.3 Å². The van der Waals surface area contributed by atoms with Gasteiger partial charge in [0.05, 0.1) is 5.92 Å². The van der Waals surface area contributed by atoms with Crippen LogP contribution in [0.25, 0.3) is 0 Å². The van der Waals surface area contributed by atoms with E-state index in [4.69, 9.17) is 0 Å². The van der Waals surface area contributed by atoms with Gasteiger partial charge in [-0.05, 0) is 55.7 Å². The summed E-state index contributed by atoms with van der Waals surface area (Å²) < 4.78 is 0. The third-order valence-electron chi connectivity index (χ3n) is 5.29. The van der Waals surface area contributed by atoms with Gasteiger partial charge in [0, 0.05) is 25.2 Å². The molecular weight excluding hydrogens is 366 g/mol. The largest absolute Gasteiger partial charge is 0.481 e. The van der Waals surface area contributed by atoms with E-state index in [9.17, 15) is 14.7 Å². The SMILES string of the molecule is O=C(CCCCc1ccc2c(n1)NCCC2)NCCC(C(=O)O)c1ccccc1. The van der Waals surface area contributed by atoms with Crippen LogP contribution in [0, 0.1) is 0 Å². The lowest BCUT2D eigenvalue weighted by molar-refractivity contribution is -0.139. The monoisotopic (exact) mass is 395 g/mol. The summed E-state index contributed by atoms with van der Waals surface area (Å²) in [4.78, 5) is 28.2. The van der Waals surface area contributed by atoms with Crippen molar-refractivity contribution in [3.8, 4) is 0 Å². The second-order valence-electron chi connectivity index (χ2n) is 7.49. The Bertz CT molecular complexity index is 823. The Balaban J connectivity index is 1.34. The molecule has 6 heteroatoms. The number of nitrogens with one attached hydrogen (secondary N) is 2. The highest BCUT2D eigenvalue weighted by Crippen LogP contribution is 2.21. The Kier molecular flexibility index (Phi) is 7.61. The summed E-state index contributed by atoms with van der Waals surface area (Å²) in [7, 11) is 0. The summed E-state index contributed by atoms with van der Waals surface area (Å²) in [5, 5.41) is 15.6. The van der Waals surface area contributed by atoms with E-state index in [0.29, 0.717) is 19.4 Å². The molecule has 0 aliphatic carbocycles. The Morgan fingerprint density at radius 3 is 2.76 bits per heavy atom. The second-order valence-corrected chi connectivity index (χ2v) is 7.49. The molecule has 1 aromatic heterocycles. The Morgan fingerprint density at radius 1 is 1.14 bits per heavy atom. The number of aromatic nitrogens is 1. The zero-order valence-corrected chi connectivity index (χ0v) is 16.7. The van der Waals surface area contributed by atoms with E-state index in [1.165, 1.54) is 5.56 Å². The number of aliphatic carboxylic acids is 1. The fourth-order valence-electron chi connectivity index (χ4n) is 3.66. The maximum atomic E-state index is 12.0. The van der Waals surface area contributed by atoms with Gasteiger partial charge in [0.1, 0.15) is 5.82 Å². The van der Waals surface area contributed by atoms with Crippen LogP contribution in [0.5, 0.6) is 0 Å². The number of pyridine rings is 1. The van der Waals surface area contributed by atoms with Gasteiger partial charge in [-0.3, -0.25) is 9.59 Å².